The summed E-state index contributed by atoms with van der Waals surface area (Å²) in [6, 6.07) is 13.4. The Hall–Kier alpha value is -4.53. The van der Waals surface area contributed by atoms with Gasteiger partial charge < -0.3 is 10.1 Å². The third-order valence-corrected chi connectivity index (χ3v) is 5.61. The number of anilines is 2. The first-order chi connectivity index (χ1) is 15.7. The summed E-state index contributed by atoms with van der Waals surface area (Å²) in [5.41, 5.74) is 2.80. The number of amides is 3. The molecule has 1 aliphatic rings. The molecule has 0 aliphatic carbocycles. The van der Waals surface area contributed by atoms with Crippen molar-refractivity contribution in [2.24, 2.45) is 0 Å². The van der Waals surface area contributed by atoms with Crippen LogP contribution in [0.15, 0.2) is 54.6 Å². The molecule has 0 radical (unpaired) electrons. The average molecular weight is 445 g/mol. The average Bonchev–Trinajstić information content (AvgIpc) is 3.05. The Morgan fingerprint density at radius 3 is 2.42 bits per heavy atom. The lowest BCUT2D eigenvalue weighted by molar-refractivity contribution is -0.384. The van der Waals surface area contributed by atoms with E-state index in [9.17, 15) is 24.5 Å². The maximum atomic E-state index is 13.1. The first kappa shape index (κ1) is 21.7. The van der Waals surface area contributed by atoms with E-state index in [2.05, 4.69) is 5.32 Å². The molecule has 33 heavy (non-hydrogen) atoms. The largest absolute Gasteiger partial charge is 0.494 e. The first-order valence-electron chi connectivity index (χ1n) is 9.95. The molecular weight excluding hydrogens is 426 g/mol. The number of hydrogen-bond donors (Lipinski definition) is 1. The number of nitrogens with zero attached hydrogens (tertiary/aromatic N) is 2. The van der Waals surface area contributed by atoms with Gasteiger partial charge in [0, 0.05) is 11.6 Å². The number of hydrogen-bond acceptors (Lipinski definition) is 6. The maximum Gasteiger partial charge on any atom is 0.273 e. The summed E-state index contributed by atoms with van der Waals surface area (Å²) in [5.74, 6) is -1.40. The number of non-ortho nitro benzene ring substituents is 1. The molecule has 9 heteroatoms. The molecule has 4 rings (SSSR count). The van der Waals surface area contributed by atoms with Gasteiger partial charge in [-0.2, -0.15) is 0 Å². The summed E-state index contributed by atoms with van der Waals surface area (Å²) in [7, 11) is 1.33. The molecule has 0 saturated heterocycles. The van der Waals surface area contributed by atoms with Crippen LogP contribution in [0.5, 0.6) is 5.75 Å². The second-order valence-corrected chi connectivity index (χ2v) is 7.52. The predicted octanol–water partition coefficient (Wildman–Crippen LogP) is 4.27. The van der Waals surface area contributed by atoms with Crippen LogP contribution in [0.4, 0.5) is 17.1 Å². The fourth-order valence-corrected chi connectivity index (χ4v) is 3.67. The Bertz CT molecular complexity index is 1350. The molecule has 166 valence electrons. The zero-order valence-corrected chi connectivity index (χ0v) is 18.0. The van der Waals surface area contributed by atoms with Gasteiger partial charge in [-0.1, -0.05) is 12.1 Å². The Balaban J connectivity index is 1.64. The molecule has 1 aliphatic heterocycles. The van der Waals surface area contributed by atoms with Gasteiger partial charge in [0.2, 0.25) is 0 Å². The minimum atomic E-state index is -0.570. The topological polar surface area (TPSA) is 119 Å². The summed E-state index contributed by atoms with van der Waals surface area (Å²) < 4.78 is 5.14. The van der Waals surface area contributed by atoms with E-state index in [1.165, 1.54) is 43.5 Å². The van der Waals surface area contributed by atoms with Crippen molar-refractivity contribution < 1.29 is 24.0 Å². The van der Waals surface area contributed by atoms with Gasteiger partial charge in [-0.15, -0.1) is 0 Å². The van der Waals surface area contributed by atoms with E-state index >= 15 is 0 Å². The van der Waals surface area contributed by atoms with Crippen molar-refractivity contribution in [3.05, 3.63) is 92.5 Å². The third-order valence-electron chi connectivity index (χ3n) is 5.61. The van der Waals surface area contributed by atoms with Gasteiger partial charge >= 0.3 is 0 Å². The number of methoxy groups -OCH3 is 1. The number of nitro benzene ring substituents is 1. The maximum absolute atomic E-state index is 13.1. The van der Waals surface area contributed by atoms with Gasteiger partial charge in [0.25, 0.3) is 23.4 Å². The van der Waals surface area contributed by atoms with Crippen LogP contribution in [0, 0.1) is 24.0 Å². The molecule has 0 bridgehead atoms. The van der Waals surface area contributed by atoms with E-state index < -0.39 is 22.6 Å². The quantitative estimate of drug-likeness (QED) is 0.356. The Kier molecular flexibility index (Phi) is 5.39. The van der Waals surface area contributed by atoms with Crippen LogP contribution in [-0.4, -0.2) is 29.8 Å². The highest BCUT2D eigenvalue weighted by molar-refractivity contribution is 6.35. The zero-order chi connectivity index (χ0) is 23.9. The number of carbonyl (C=O) groups is 3. The van der Waals surface area contributed by atoms with Gasteiger partial charge in [-0.3, -0.25) is 24.5 Å². The van der Waals surface area contributed by atoms with E-state index in [1.54, 1.807) is 12.1 Å². The third kappa shape index (κ3) is 3.69. The van der Waals surface area contributed by atoms with Gasteiger partial charge in [0.15, 0.2) is 0 Å². The number of fused-ring (bicyclic) bond motifs is 1. The molecule has 3 aromatic carbocycles. The highest BCUT2D eigenvalue weighted by Crippen LogP contribution is 2.33. The normalized spacial score (nSPS) is 12.5. The number of imide groups is 1. The van der Waals surface area contributed by atoms with Crippen molar-refractivity contribution in [2.75, 3.05) is 17.3 Å². The highest BCUT2D eigenvalue weighted by atomic mass is 16.6. The van der Waals surface area contributed by atoms with E-state index in [0.29, 0.717) is 5.69 Å². The van der Waals surface area contributed by atoms with Crippen molar-refractivity contribution in [3.8, 4) is 5.75 Å². The summed E-state index contributed by atoms with van der Waals surface area (Å²) in [6.07, 6.45) is 0. The van der Waals surface area contributed by atoms with Crippen molar-refractivity contribution >= 4 is 34.8 Å². The number of rotatable bonds is 5. The monoisotopic (exact) mass is 445 g/mol. The molecule has 3 amide bonds. The molecule has 9 nitrogen and oxygen atoms in total. The molecule has 1 N–H and O–H groups in total. The summed E-state index contributed by atoms with van der Waals surface area (Å²) in [5, 5.41) is 13.6. The first-order valence-corrected chi connectivity index (χ1v) is 9.95. The SMILES string of the molecule is COc1cc([N+](=O)[O-])ccc1NC(=O)c1ccc2c(c1)C(=O)N(c1cccc(C)c1C)C2=O. The number of ether oxygens (including phenoxy) is 1. The standard InChI is InChI=1S/C24H19N3O6/c1-13-5-4-6-20(14(13)2)26-23(29)17-9-7-15(11-18(17)24(26)30)22(28)25-19-10-8-16(27(31)32)12-21(19)33-3/h4-12H,1-3H3,(H,25,28). The zero-order valence-electron chi connectivity index (χ0n) is 18.0. The second kappa shape index (κ2) is 8.19. The van der Waals surface area contributed by atoms with Crippen molar-refractivity contribution in [1.82, 2.24) is 0 Å². The van der Waals surface area contributed by atoms with Gasteiger partial charge in [-0.05, 0) is 55.3 Å². The molecule has 3 aromatic rings. The summed E-state index contributed by atoms with van der Waals surface area (Å²) in [6.45, 7) is 3.73. The van der Waals surface area contributed by atoms with Crippen molar-refractivity contribution in [3.63, 3.8) is 0 Å². The van der Waals surface area contributed by atoms with E-state index in [1.807, 2.05) is 19.9 Å². The summed E-state index contributed by atoms with van der Waals surface area (Å²) >= 11 is 0. The Morgan fingerprint density at radius 2 is 1.73 bits per heavy atom. The number of carbonyl (C=O) groups excluding carboxylic acids is 3. The fraction of sp³-hybridized carbons (Fsp3) is 0.125. The van der Waals surface area contributed by atoms with Crippen LogP contribution >= 0.6 is 0 Å². The Labute approximate surface area is 188 Å². The summed E-state index contributed by atoms with van der Waals surface area (Å²) in [4.78, 5) is 50.4. The second-order valence-electron chi connectivity index (χ2n) is 7.52. The van der Waals surface area contributed by atoms with Crippen LogP contribution in [-0.2, 0) is 0 Å². The van der Waals surface area contributed by atoms with Crippen LogP contribution in [0.3, 0.4) is 0 Å². The molecule has 0 aromatic heterocycles. The van der Waals surface area contributed by atoms with Crippen molar-refractivity contribution in [1.29, 1.82) is 0 Å². The van der Waals surface area contributed by atoms with Crippen molar-refractivity contribution in [2.45, 2.75) is 13.8 Å². The fourth-order valence-electron chi connectivity index (χ4n) is 3.67. The van der Waals surface area contributed by atoms with Gasteiger partial charge in [0.05, 0.1) is 40.6 Å². The Morgan fingerprint density at radius 1 is 1.00 bits per heavy atom. The number of aryl methyl sites for hydroxylation is 1. The van der Waals surface area contributed by atoms with Crippen LogP contribution in [0.1, 0.15) is 42.2 Å². The number of nitro groups is 1. The van der Waals surface area contributed by atoms with Crippen LogP contribution in [0.25, 0.3) is 0 Å². The van der Waals surface area contributed by atoms with E-state index in [0.717, 1.165) is 16.0 Å². The molecular formula is C24H19N3O6. The van der Waals surface area contributed by atoms with Crippen LogP contribution in [0.2, 0.25) is 0 Å². The van der Waals surface area contributed by atoms with Crippen LogP contribution < -0.4 is 15.0 Å². The van der Waals surface area contributed by atoms with Gasteiger partial charge in [0.1, 0.15) is 5.75 Å². The molecule has 0 fully saturated rings. The molecule has 0 saturated carbocycles. The number of benzene rings is 3. The minimum absolute atomic E-state index is 0.117. The van der Waals surface area contributed by atoms with Gasteiger partial charge in [-0.25, -0.2) is 4.90 Å². The smallest absolute Gasteiger partial charge is 0.273 e. The lowest BCUT2D eigenvalue weighted by Gasteiger charge is -2.17. The molecule has 1 heterocycles. The predicted molar refractivity (Wildman–Crippen MR) is 121 cm³/mol. The number of nitrogens with one attached hydrogen (secondary N) is 1. The minimum Gasteiger partial charge on any atom is -0.494 e. The lowest BCUT2D eigenvalue weighted by atomic mass is 10.1. The molecule has 0 atom stereocenters. The van der Waals surface area contributed by atoms with E-state index in [-0.39, 0.29) is 33.8 Å². The molecule has 0 unspecified atom stereocenters. The lowest BCUT2D eigenvalue weighted by Crippen LogP contribution is -2.30. The van der Waals surface area contributed by atoms with E-state index in [4.69, 9.17) is 4.74 Å². The molecule has 0 spiro atoms. The highest BCUT2D eigenvalue weighted by Gasteiger charge is 2.38.